The summed E-state index contributed by atoms with van der Waals surface area (Å²) in [5.74, 6) is 0. The van der Waals surface area contributed by atoms with Crippen LogP contribution in [0.1, 0.15) is 18.9 Å². The predicted molar refractivity (Wildman–Crippen MR) is 78.3 cm³/mol. The Labute approximate surface area is 111 Å². The maximum absolute atomic E-state index is 6.01. The van der Waals surface area contributed by atoms with E-state index in [1.54, 1.807) is 11.3 Å². The van der Waals surface area contributed by atoms with Crippen molar-refractivity contribution in [3.8, 4) is 0 Å². The van der Waals surface area contributed by atoms with E-state index < -0.39 is 0 Å². The molecule has 0 aliphatic rings. The number of nitrogens with one attached hydrogen (secondary N) is 1. The number of benzene rings is 1. The number of nitrogen functional groups attached to an aromatic ring is 1. The monoisotopic (exact) mass is 265 g/mol. The lowest BCUT2D eigenvalue weighted by Gasteiger charge is -2.11. The molecule has 0 aliphatic carbocycles. The number of aryl methyl sites for hydroxylation is 1. The summed E-state index contributed by atoms with van der Waals surface area (Å²) in [6.07, 6.45) is 0.257. The molecule has 4 nitrogen and oxygen atoms in total. The number of hydrogen-bond donors (Lipinski definition) is 2. The van der Waals surface area contributed by atoms with E-state index in [0.717, 1.165) is 33.1 Å². The summed E-state index contributed by atoms with van der Waals surface area (Å²) < 4.78 is 6.61. The van der Waals surface area contributed by atoms with E-state index in [9.17, 15) is 0 Å². The van der Waals surface area contributed by atoms with Crippen molar-refractivity contribution >= 4 is 32.9 Å². The molecule has 0 amide bonds. The highest BCUT2D eigenvalue weighted by Crippen LogP contribution is 2.29. The Morgan fingerprint density at radius 2 is 2.22 bits per heavy atom. The lowest BCUT2D eigenvalue weighted by molar-refractivity contribution is 0.0871. The number of anilines is 2. The van der Waals surface area contributed by atoms with Crippen LogP contribution in [0.15, 0.2) is 12.1 Å². The Morgan fingerprint density at radius 1 is 1.44 bits per heavy atom. The van der Waals surface area contributed by atoms with Gasteiger partial charge >= 0.3 is 0 Å². The van der Waals surface area contributed by atoms with Crippen molar-refractivity contribution in [2.24, 2.45) is 0 Å². The highest BCUT2D eigenvalue weighted by Gasteiger charge is 2.05. The second kappa shape index (κ2) is 5.54. The van der Waals surface area contributed by atoms with Crippen molar-refractivity contribution in [3.05, 3.63) is 17.1 Å². The zero-order valence-corrected chi connectivity index (χ0v) is 11.8. The van der Waals surface area contributed by atoms with E-state index in [4.69, 9.17) is 10.5 Å². The molecule has 0 saturated heterocycles. The van der Waals surface area contributed by atoms with Gasteiger partial charge in [0.05, 0.1) is 39.3 Å². The molecule has 1 aromatic carbocycles. The SMILES string of the molecule is Cc1nc2cc(NCCOC(C)C)c(N)cc2s1. The Bertz CT molecular complexity index is 536. The maximum Gasteiger partial charge on any atom is 0.0907 e. The first-order valence-electron chi connectivity index (χ1n) is 6.08. The number of nitrogens with two attached hydrogens (primary N) is 1. The number of nitrogens with zero attached hydrogens (tertiary/aromatic N) is 1. The molecule has 1 aromatic heterocycles. The normalized spacial score (nSPS) is 11.3. The zero-order valence-electron chi connectivity index (χ0n) is 11.0. The maximum atomic E-state index is 6.01. The van der Waals surface area contributed by atoms with Gasteiger partial charge in [-0.05, 0) is 32.9 Å². The van der Waals surface area contributed by atoms with E-state index in [1.807, 2.05) is 32.9 Å². The average molecular weight is 265 g/mol. The van der Waals surface area contributed by atoms with Crippen LogP contribution >= 0.6 is 11.3 Å². The first-order valence-corrected chi connectivity index (χ1v) is 6.90. The molecule has 0 fully saturated rings. The number of rotatable bonds is 5. The van der Waals surface area contributed by atoms with Crippen LogP contribution in [0, 0.1) is 6.92 Å². The van der Waals surface area contributed by atoms with Crippen LogP contribution in [0.2, 0.25) is 0 Å². The van der Waals surface area contributed by atoms with E-state index >= 15 is 0 Å². The molecule has 0 aliphatic heterocycles. The van der Waals surface area contributed by atoms with Crippen LogP contribution in [0.4, 0.5) is 11.4 Å². The molecule has 18 heavy (non-hydrogen) atoms. The van der Waals surface area contributed by atoms with Gasteiger partial charge in [-0.2, -0.15) is 0 Å². The summed E-state index contributed by atoms with van der Waals surface area (Å²) in [5.41, 5.74) is 8.70. The molecule has 3 N–H and O–H groups in total. The van der Waals surface area contributed by atoms with Crippen molar-refractivity contribution in [2.45, 2.75) is 26.9 Å². The van der Waals surface area contributed by atoms with Gasteiger partial charge in [-0.1, -0.05) is 0 Å². The standard InChI is InChI=1S/C13H19N3OS/c1-8(2)17-5-4-15-11-7-12-13(6-10(11)14)18-9(3)16-12/h6-8,15H,4-5,14H2,1-3H3. The van der Waals surface area contributed by atoms with Gasteiger partial charge < -0.3 is 15.8 Å². The Kier molecular flexibility index (Phi) is 4.04. The van der Waals surface area contributed by atoms with Crippen molar-refractivity contribution in [1.29, 1.82) is 0 Å². The Morgan fingerprint density at radius 3 is 2.94 bits per heavy atom. The minimum atomic E-state index is 0.257. The van der Waals surface area contributed by atoms with Crippen LogP contribution in [0.25, 0.3) is 10.2 Å². The first-order chi connectivity index (χ1) is 8.56. The van der Waals surface area contributed by atoms with Crippen LogP contribution in [0.3, 0.4) is 0 Å². The van der Waals surface area contributed by atoms with E-state index in [0.29, 0.717) is 6.61 Å². The lowest BCUT2D eigenvalue weighted by atomic mass is 10.2. The molecular formula is C13H19N3OS. The van der Waals surface area contributed by atoms with Gasteiger partial charge in [0.15, 0.2) is 0 Å². The molecule has 1 heterocycles. The fourth-order valence-corrected chi connectivity index (χ4v) is 2.60. The molecule has 2 rings (SSSR count). The minimum absolute atomic E-state index is 0.257. The number of hydrogen-bond acceptors (Lipinski definition) is 5. The van der Waals surface area contributed by atoms with Crippen LogP contribution in [-0.4, -0.2) is 24.2 Å². The van der Waals surface area contributed by atoms with E-state index in [2.05, 4.69) is 10.3 Å². The molecule has 0 atom stereocenters. The van der Waals surface area contributed by atoms with Crippen molar-refractivity contribution < 1.29 is 4.74 Å². The van der Waals surface area contributed by atoms with Gasteiger partial charge in [-0.25, -0.2) is 4.98 Å². The molecule has 0 bridgehead atoms. The average Bonchev–Trinajstić information content (AvgIpc) is 2.63. The number of fused-ring (bicyclic) bond motifs is 1. The molecule has 5 heteroatoms. The highest BCUT2D eigenvalue weighted by atomic mass is 32.1. The summed E-state index contributed by atoms with van der Waals surface area (Å²) in [5, 5.41) is 4.34. The van der Waals surface area contributed by atoms with Crippen molar-refractivity contribution in [1.82, 2.24) is 4.98 Å². The number of aromatic nitrogens is 1. The summed E-state index contributed by atoms with van der Waals surface area (Å²) in [6.45, 7) is 7.48. The van der Waals surface area contributed by atoms with Crippen molar-refractivity contribution in [2.75, 3.05) is 24.2 Å². The quantitative estimate of drug-likeness (QED) is 0.644. The van der Waals surface area contributed by atoms with Gasteiger partial charge in [0.2, 0.25) is 0 Å². The fourth-order valence-electron chi connectivity index (χ4n) is 1.74. The van der Waals surface area contributed by atoms with Crippen LogP contribution < -0.4 is 11.1 Å². The largest absolute Gasteiger partial charge is 0.397 e. The highest BCUT2D eigenvalue weighted by molar-refractivity contribution is 7.18. The van der Waals surface area contributed by atoms with Gasteiger partial charge in [-0.15, -0.1) is 11.3 Å². The van der Waals surface area contributed by atoms with Gasteiger partial charge in [0, 0.05) is 6.54 Å². The number of thiazole rings is 1. The topological polar surface area (TPSA) is 60.2 Å². The molecule has 0 saturated carbocycles. The third-order valence-electron chi connectivity index (χ3n) is 2.54. The molecule has 0 spiro atoms. The Hall–Kier alpha value is -1.33. The second-order valence-electron chi connectivity index (χ2n) is 4.49. The lowest BCUT2D eigenvalue weighted by Crippen LogP contribution is -2.13. The molecular weight excluding hydrogens is 246 g/mol. The van der Waals surface area contributed by atoms with E-state index in [1.165, 1.54) is 0 Å². The van der Waals surface area contributed by atoms with Gasteiger partial charge in [-0.3, -0.25) is 0 Å². The van der Waals surface area contributed by atoms with Crippen molar-refractivity contribution in [3.63, 3.8) is 0 Å². The number of ether oxygens (including phenoxy) is 1. The smallest absolute Gasteiger partial charge is 0.0907 e. The van der Waals surface area contributed by atoms with Crippen LogP contribution in [-0.2, 0) is 4.74 Å². The second-order valence-corrected chi connectivity index (χ2v) is 5.72. The summed E-state index contributed by atoms with van der Waals surface area (Å²) in [7, 11) is 0. The summed E-state index contributed by atoms with van der Waals surface area (Å²) >= 11 is 1.66. The van der Waals surface area contributed by atoms with Gasteiger partial charge in [0.25, 0.3) is 0 Å². The summed E-state index contributed by atoms with van der Waals surface area (Å²) in [4.78, 5) is 4.46. The first kappa shape index (κ1) is 13.1. The molecule has 2 aromatic rings. The Balaban J connectivity index is 2.05. The van der Waals surface area contributed by atoms with E-state index in [-0.39, 0.29) is 6.10 Å². The zero-order chi connectivity index (χ0) is 13.1. The minimum Gasteiger partial charge on any atom is -0.397 e. The summed E-state index contributed by atoms with van der Waals surface area (Å²) in [6, 6.07) is 3.98. The molecule has 98 valence electrons. The fraction of sp³-hybridized carbons (Fsp3) is 0.462. The molecule has 0 radical (unpaired) electrons. The molecule has 0 unspecified atom stereocenters. The third-order valence-corrected chi connectivity index (χ3v) is 3.47. The van der Waals surface area contributed by atoms with Crippen LogP contribution in [0.5, 0.6) is 0 Å². The third kappa shape index (κ3) is 3.11. The predicted octanol–water partition coefficient (Wildman–Crippen LogP) is 3.02. The van der Waals surface area contributed by atoms with Gasteiger partial charge in [0.1, 0.15) is 0 Å².